The molecule has 64 valence electrons. The number of rotatable bonds is 4. The van der Waals surface area contributed by atoms with Crippen molar-refractivity contribution in [2.45, 2.75) is 18.2 Å². The number of hydrogen-bond donors (Lipinski definition) is 2. The highest BCUT2D eigenvalue weighted by atomic mass is 79.9. The van der Waals surface area contributed by atoms with Crippen LogP contribution in [0, 0.1) is 0 Å². The van der Waals surface area contributed by atoms with E-state index in [4.69, 9.17) is 5.11 Å². The van der Waals surface area contributed by atoms with Crippen molar-refractivity contribution >= 4 is 27.8 Å². The summed E-state index contributed by atoms with van der Waals surface area (Å²) < 4.78 is 0. The number of hydrogen-bond acceptors (Lipinski definition) is 2. The average Bonchev–Trinajstić information content (AvgIpc) is 1.98. The van der Waals surface area contributed by atoms with E-state index in [9.17, 15) is 9.59 Å². The highest BCUT2D eigenvalue weighted by Crippen LogP contribution is 2.02. The number of halogens is 1. The van der Waals surface area contributed by atoms with Crippen LogP contribution in [0.4, 0.5) is 0 Å². The van der Waals surface area contributed by atoms with Crippen LogP contribution in [-0.4, -0.2) is 28.4 Å². The summed E-state index contributed by atoms with van der Waals surface area (Å²) in [5.41, 5.74) is 0. The minimum atomic E-state index is -1.03. The smallest absolute Gasteiger partial charge is 0.322 e. The minimum Gasteiger partial charge on any atom is -0.480 e. The Bertz CT molecular complexity index is 160. The van der Waals surface area contributed by atoms with Crippen LogP contribution in [-0.2, 0) is 9.59 Å². The molecule has 5 heteroatoms. The topological polar surface area (TPSA) is 66.4 Å². The van der Waals surface area contributed by atoms with Gasteiger partial charge in [-0.1, -0.05) is 22.9 Å². The minimum absolute atomic E-state index is 0.282. The second kappa shape index (κ2) is 5.12. The first-order valence-electron chi connectivity index (χ1n) is 3.21. The van der Waals surface area contributed by atoms with Gasteiger partial charge in [-0.3, -0.25) is 9.59 Å². The molecule has 11 heavy (non-hydrogen) atoms. The van der Waals surface area contributed by atoms with Gasteiger partial charge in [-0.05, 0) is 6.42 Å². The van der Waals surface area contributed by atoms with Crippen LogP contribution in [0.25, 0.3) is 0 Å². The Morgan fingerprint density at radius 2 is 2.18 bits per heavy atom. The quantitative estimate of drug-likeness (QED) is 0.677. The predicted octanol–water partition coefficient (Wildman–Crippen LogP) is 0.361. The average molecular weight is 224 g/mol. The molecule has 0 aliphatic rings. The molecule has 0 aromatic heterocycles. The largest absolute Gasteiger partial charge is 0.480 e. The molecule has 0 saturated carbocycles. The lowest BCUT2D eigenvalue weighted by atomic mass is 10.3. The number of nitrogens with one attached hydrogen (secondary N) is 1. The van der Waals surface area contributed by atoms with Gasteiger partial charge in [-0.25, -0.2) is 0 Å². The molecular formula is C6H10BrNO3. The van der Waals surface area contributed by atoms with Gasteiger partial charge >= 0.3 is 5.97 Å². The second-order valence-electron chi connectivity index (χ2n) is 1.99. The van der Waals surface area contributed by atoms with E-state index in [0.717, 1.165) is 0 Å². The summed E-state index contributed by atoms with van der Waals surface area (Å²) in [5, 5.41) is 10.4. The third-order valence-corrected chi connectivity index (χ3v) is 2.12. The van der Waals surface area contributed by atoms with Gasteiger partial charge in [0.15, 0.2) is 0 Å². The molecule has 0 saturated heterocycles. The lowest BCUT2D eigenvalue weighted by molar-refractivity contribution is -0.137. The lowest BCUT2D eigenvalue weighted by Gasteiger charge is -2.05. The third-order valence-electron chi connectivity index (χ3n) is 1.06. The maximum Gasteiger partial charge on any atom is 0.322 e. The first kappa shape index (κ1) is 10.4. The summed E-state index contributed by atoms with van der Waals surface area (Å²) in [4.78, 5) is 20.6. The van der Waals surface area contributed by atoms with E-state index in [-0.39, 0.29) is 17.3 Å². The molecule has 0 aliphatic heterocycles. The van der Waals surface area contributed by atoms with Crippen LogP contribution in [0.15, 0.2) is 0 Å². The van der Waals surface area contributed by atoms with E-state index in [1.54, 1.807) is 0 Å². The Morgan fingerprint density at radius 3 is 2.55 bits per heavy atom. The highest BCUT2D eigenvalue weighted by Gasteiger charge is 2.11. The Kier molecular flexibility index (Phi) is 4.85. The maximum atomic E-state index is 10.9. The van der Waals surface area contributed by atoms with Crippen molar-refractivity contribution in [3.63, 3.8) is 0 Å². The van der Waals surface area contributed by atoms with Crippen LogP contribution in [0.5, 0.6) is 0 Å². The summed E-state index contributed by atoms with van der Waals surface area (Å²) >= 11 is 3.09. The summed E-state index contributed by atoms with van der Waals surface area (Å²) in [6.45, 7) is 1.51. The van der Waals surface area contributed by atoms with Crippen molar-refractivity contribution < 1.29 is 14.7 Å². The van der Waals surface area contributed by atoms with E-state index in [1.807, 2.05) is 6.92 Å². The Labute approximate surface area is 73.1 Å². The first-order chi connectivity index (χ1) is 5.07. The van der Waals surface area contributed by atoms with Crippen LogP contribution in [0.2, 0.25) is 0 Å². The van der Waals surface area contributed by atoms with Crippen LogP contribution >= 0.6 is 15.9 Å². The highest BCUT2D eigenvalue weighted by molar-refractivity contribution is 9.10. The van der Waals surface area contributed by atoms with Crippen molar-refractivity contribution in [1.29, 1.82) is 0 Å². The molecule has 1 amide bonds. The van der Waals surface area contributed by atoms with Gasteiger partial charge in [-0.2, -0.15) is 0 Å². The van der Waals surface area contributed by atoms with Crippen molar-refractivity contribution in [3.05, 3.63) is 0 Å². The maximum absolute atomic E-state index is 10.9. The molecule has 4 nitrogen and oxygen atoms in total. The summed E-state index contributed by atoms with van der Waals surface area (Å²) in [5.74, 6) is -1.32. The van der Waals surface area contributed by atoms with Gasteiger partial charge < -0.3 is 10.4 Å². The molecule has 0 aromatic carbocycles. The van der Waals surface area contributed by atoms with Gasteiger partial charge in [0.05, 0.1) is 4.83 Å². The fourth-order valence-electron chi connectivity index (χ4n) is 0.459. The first-order valence-corrected chi connectivity index (χ1v) is 4.13. The molecule has 0 radical (unpaired) electrons. The zero-order valence-corrected chi connectivity index (χ0v) is 7.72. The number of carbonyl (C=O) groups is 2. The van der Waals surface area contributed by atoms with Crippen LogP contribution < -0.4 is 5.32 Å². The number of carboxylic acids is 1. The van der Waals surface area contributed by atoms with Gasteiger partial charge in [0.2, 0.25) is 5.91 Å². The SMILES string of the molecule is CCC(Br)C(=O)NCC(=O)O. The van der Waals surface area contributed by atoms with Gasteiger partial charge in [0, 0.05) is 0 Å². The molecule has 0 aliphatic carbocycles. The molecule has 0 aromatic rings. The molecule has 0 bridgehead atoms. The second-order valence-corrected chi connectivity index (χ2v) is 3.09. The van der Waals surface area contributed by atoms with E-state index in [1.165, 1.54) is 0 Å². The van der Waals surface area contributed by atoms with Crippen molar-refractivity contribution in [2.24, 2.45) is 0 Å². The Balaban J connectivity index is 3.60. The zero-order valence-electron chi connectivity index (χ0n) is 6.13. The third kappa shape index (κ3) is 4.78. The molecule has 1 atom stereocenters. The lowest BCUT2D eigenvalue weighted by Crippen LogP contribution is -2.34. The Hall–Kier alpha value is -0.580. The van der Waals surface area contributed by atoms with Gasteiger partial charge in [0.25, 0.3) is 0 Å². The standard InChI is InChI=1S/C6H10BrNO3/c1-2-4(7)6(11)8-3-5(9)10/h4H,2-3H2,1H3,(H,8,11)(H,9,10). The van der Waals surface area contributed by atoms with E-state index in [0.29, 0.717) is 6.42 Å². The molecular weight excluding hydrogens is 214 g/mol. The summed E-state index contributed by atoms with van der Waals surface area (Å²) in [7, 11) is 0. The molecule has 2 N–H and O–H groups in total. The number of alkyl halides is 1. The number of aliphatic carboxylic acids is 1. The molecule has 1 unspecified atom stereocenters. The Morgan fingerprint density at radius 1 is 1.64 bits per heavy atom. The number of carboxylic acid groups (broad SMARTS) is 1. The normalized spacial score (nSPS) is 12.2. The summed E-state index contributed by atoms with van der Waals surface area (Å²) in [6, 6.07) is 0. The predicted molar refractivity (Wildman–Crippen MR) is 43.7 cm³/mol. The molecule has 0 spiro atoms. The summed E-state index contributed by atoms with van der Waals surface area (Å²) in [6.07, 6.45) is 0.644. The van der Waals surface area contributed by atoms with Crippen molar-refractivity contribution in [2.75, 3.05) is 6.54 Å². The van der Waals surface area contributed by atoms with Crippen molar-refractivity contribution in [3.8, 4) is 0 Å². The van der Waals surface area contributed by atoms with E-state index < -0.39 is 5.97 Å². The van der Waals surface area contributed by atoms with Gasteiger partial charge in [0.1, 0.15) is 6.54 Å². The fourth-order valence-corrected chi connectivity index (χ4v) is 0.621. The number of carbonyl (C=O) groups excluding carboxylic acids is 1. The molecule has 0 fully saturated rings. The van der Waals surface area contributed by atoms with Crippen molar-refractivity contribution in [1.82, 2.24) is 5.32 Å². The fraction of sp³-hybridized carbons (Fsp3) is 0.667. The number of amides is 1. The van der Waals surface area contributed by atoms with Crippen LogP contribution in [0.3, 0.4) is 0 Å². The van der Waals surface area contributed by atoms with Gasteiger partial charge in [-0.15, -0.1) is 0 Å². The van der Waals surface area contributed by atoms with E-state index >= 15 is 0 Å². The van der Waals surface area contributed by atoms with Crippen LogP contribution in [0.1, 0.15) is 13.3 Å². The molecule has 0 heterocycles. The molecule has 0 rings (SSSR count). The monoisotopic (exact) mass is 223 g/mol. The zero-order chi connectivity index (χ0) is 8.85. The van der Waals surface area contributed by atoms with E-state index in [2.05, 4.69) is 21.2 Å².